The van der Waals surface area contributed by atoms with Crippen LogP contribution in [0.3, 0.4) is 0 Å². The van der Waals surface area contributed by atoms with E-state index in [1.54, 1.807) is 0 Å². The van der Waals surface area contributed by atoms with Crippen LogP contribution in [-0.2, 0) is 13.5 Å². The van der Waals surface area contributed by atoms with Crippen LogP contribution in [0, 0.1) is 0 Å². The molecule has 1 atom stereocenters. The fourth-order valence-corrected chi connectivity index (χ4v) is 2.21. The Labute approximate surface area is 114 Å². The van der Waals surface area contributed by atoms with Crippen molar-refractivity contribution in [1.82, 2.24) is 19.9 Å². The van der Waals surface area contributed by atoms with Crippen molar-refractivity contribution in [3.63, 3.8) is 0 Å². The van der Waals surface area contributed by atoms with Crippen LogP contribution in [0.4, 0.5) is 0 Å². The molecular formula is C15H22N4. The second kappa shape index (κ2) is 7.04. The standard InChI is InChI=1S/C15H22N4/c1-3-8-17-14(13-6-9-16-10-7-13)4-5-15-18-11-12-19(15)2/h6-7,9-12,14,17H,3-5,8H2,1-2H3. The molecule has 2 rings (SSSR count). The topological polar surface area (TPSA) is 42.7 Å². The Bertz CT molecular complexity index is 478. The van der Waals surface area contributed by atoms with Crippen molar-refractivity contribution in [1.29, 1.82) is 0 Å². The molecule has 0 radical (unpaired) electrons. The molecule has 2 heterocycles. The zero-order valence-electron chi connectivity index (χ0n) is 11.7. The molecule has 0 amide bonds. The highest BCUT2D eigenvalue weighted by molar-refractivity contribution is 5.15. The molecule has 1 unspecified atom stereocenters. The van der Waals surface area contributed by atoms with Crippen LogP contribution in [0.5, 0.6) is 0 Å². The normalized spacial score (nSPS) is 12.5. The number of aryl methyl sites for hydroxylation is 2. The van der Waals surface area contributed by atoms with E-state index >= 15 is 0 Å². The van der Waals surface area contributed by atoms with Gasteiger partial charge in [0.15, 0.2) is 0 Å². The lowest BCUT2D eigenvalue weighted by atomic mass is 10.0. The van der Waals surface area contributed by atoms with Crippen molar-refractivity contribution in [2.24, 2.45) is 7.05 Å². The summed E-state index contributed by atoms with van der Waals surface area (Å²) in [6, 6.07) is 4.55. The maximum atomic E-state index is 4.38. The summed E-state index contributed by atoms with van der Waals surface area (Å²) in [5.74, 6) is 1.14. The summed E-state index contributed by atoms with van der Waals surface area (Å²) in [4.78, 5) is 8.47. The fraction of sp³-hybridized carbons (Fsp3) is 0.467. The Kier molecular flexibility index (Phi) is 5.10. The van der Waals surface area contributed by atoms with Crippen molar-refractivity contribution >= 4 is 0 Å². The number of imidazole rings is 1. The highest BCUT2D eigenvalue weighted by atomic mass is 15.0. The Morgan fingerprint density at radius 2 is 2.05 bits per heavy atom. The molecule has 19 heavy (non-hydrogen) atoms. The van der Waals surface area contributed by atoms with E-state index in [-0.39, 0.29) is 0 Å². The third-order valence-corrected chi connectivity index (χ3v) is 3.33. The molecule has 0 saturated carbocycles. The SMILES string of the molecule is CCCNC(CCc1nccn1C)c1ccncc1. The van der Waals surface area contributed by atoms with Gasteiger partial charge in [-0.05, 0) is 37.1 Å². The lowest BCUT2D eigenvalue weighted by Crippen LogP contribution is -2.23. The summed E-state index contributed by atoms with van der Waals surface area (Å²) in [6.07, 6.45) is 10.7. The van der Waals surface area contributed by atoms with Crippen LogP contribution < -0.4 is 5.32 Å². The summed E-state index contributed by atoms with van der Waals surface area (Å²) < 4.78 is 2.09. The van der Waals surface area contributed by atoms with E-state index in [0.29, 0.717) is 6.04 Å². The highest BCUT2D eigenvalue weighted by Crippen LogP contribution is 2.18. The van der Waals surface area contributed by atoms with Gasteiger partial charge in [0.25, 0.3) is 0 Å². The first-order chi connectivity index (χ1) is 9.31. The second-order valence-corrected chi connectivity index (χ2v) is 4.78. The van der Waals surface area contributed by atoms with E-state index in [4.69, 9.17) is 0 Å². The Morgan fingerprint density at radius 3 is 2.68 bits per heavy atom. The summed E-state index contributed by atoms with van der Waals surface area (Å²) in [7, 11) is 2.04. The van der Waals surface area contributed by atoms with Crippen LogP contribution in [0.2, 0.25) is 0 Å². The smallest absolute Gasteiger partial charge is 0.108 e. The highest BCUT2D eigenvalue weighted by Gasteiger charge is 2.11. The molecule has 102 valence electrons. The summed E-state index contributed by atoms with van der Waals surface area (Å²) in [6.45, 7) is 3.23. The molecule has 0 aliphatic heterocycles. The van der Waals surface area contributed by atoms with Crippen molar-refractivity contribution in [2.45, 2.75) is 32.2 Å². The number of rotatable bonds is 7. The van der Waals surface area contributed by atoms with Gasteiger partial charge in [-0.1, -0.05) is 6.92 Å². The van der Waals surface area contributed by atoms with Crippen molar-refractivity contribution < 1.29 is 0 Å². The third-order valence-electron chi connectivity index (χ3n) is 3.33. The van der Waals surface area contributed by atoms with E-state index in [2.05, 4.69) is 38.9 Å². The lowest BCUT2D eigenvalue weighted by Gasteiger charge is -2.18. The predicted molar refractivity (Wildman–Crippen MR) is 76.8 cm³/mol. The van der Waals surface area contributed by atoms with Crippen LogP contribution >= 0.6 is 0 Å². The van der Waals surface area contributed by atoms with Crippen LogP contribution in [0.15, 0.2) is 36.9 Å². The van der Waals surface area contributed by atoms with Gasteiger partial charge in [-0.3, -0.25) is 4.98 Å². The van der Waals surface area contributed by atoms with Gasteiger partial charge in [0.05, 0.1) is 0 Å². The second-order valence-electron chi connectivity index (χ2n) is 4.78. The van der Waals surface area contributed by atoms with Gasteiger partial charge in [-0.2, -0.15) is 0 Å². The fourth-order valence-electron chi connectivity index (χ4n) is 2.21. The monoisotopic (exact) mass is 258 g/mol. The zero-order chi connectivity index (χ0) is 13.5. The summed E-state index contributed by atoms with van der Waals surface area (Å²) >= 11 is 0. The first-order valence-electron chi connectivity index (χ1n) is 6.90. The molecule has 4 nitrogen and oxygen atoms in total. The van der Waals surface area contributed by atoms with Gasteiger partial charge in [0.2, 0.25) is 0 Å². The molecule has 0 fully saturated rings. The van der Waals surface area contributed by atoms with Gasteiger partial charge < -0.3 is 9.88 Å². The van der Waals surface area contributed by atoms with E-state index in [0.717, 1.165) is 31.6 Å². The van der Waals surface area contributed by atoms with Gasteiger partial charge in [-0.25, -0.2) is 4.98 Å². The molecule has 2 aromatic heterocycles. The number of hydrogen-bond donors (Lipinski definition) is 1. The van der Waals surface area contributed by atoms with Crippen molar-refractivity contribution in [2.75, 3.05) is 6.54 Å². The zero-order valence-corrected chi connectivity index (χ0v) is 11.7. The van der Waals surface area contributed by atoms with Gasteiger partial charge in [0, 0.05) is 44.3 Å². The molecular weight excluding hydrogens is 236 g/mol. The molecule has 1 N–H and O–H groups in total. The molecule has 4 heteroatoms. The minimum Gasteiger partial charge on any atom is -0.338 e. The minimum atomic E-state index is 0.375. The van der Waals surface area contributed by atoms with E-state index < -0.39 is 0 Å². The Morgan fingerprint density at radius 1 is 1.26 bits per heavy atom. The first kappa shape index (κ1) is 13.7. The number of aromatic nitrogens is 3. The molecule has 0 aliphatic rings. The Hall–Kier alpha value is -1.68. The van der Waals surface area contributed by atoms with Gasteiger partial charge in [0.1, 0.15) is 5.82 Å². The first-order valence-corrected chi connectivity index (χ1v) is 6.90. The molecule has 0 spiro atoms. The van der Waals surface area contributed by atoms with Crippen molar-refractivity contribution in [3.05, 3.63) is 48.3 Å². The molecule has 0 bridgehead atoms. The maximum Gasteiger partial charge on any atom is 0.108 e. The predicted octanol–water partition coefficient (Wildman–Crippen LogP) is 2.49. The minimum absolute atomic E-state index is 0.375. The number of nitrogens with zero attached hydrogens (tertiary/aromatic N) is 3. The van der Waals surface area contributed by atoms with Crippen LogP contribution in [0.1, 0.15) is 37.2 Å². The number of nitrogens with one attached hydrogen (secondary N) is 1. The Balaban J connectivity index is 2.00. The number of hydrogen-bond acceptors (Lipinski definition) is 3. The summed E-state index contributed by atoms with van der Waals surface area (Å²) in [5.41, 5.74) is 1.30. The number of pyridine rings is 1. The molecule has 0 saturated heterocycles. The maximum absolute atomic E-state index is 4.38. The van der Waals surface area contributed by atoms with E-state index in [1.165, 1.54) is 5.56 Å². The third kappa shape index (κ3) is 3.89. The van der Waals surface area contributed by atoms with Gasteiger partial charge >= 0.3 is 0 Å². The van der Waals surface area contributed by atoms with Gasteiger partial charge in [-0.15, -0.1) is 0 Å². The largest absolute Gasteiger partial charge is 0.338 e. The van der Waals surface area contributed by atoms with Crippen molar-refractivity contribution in [3.8, 4) is 0 Å². The summed E-state index contributed by atoms with van der Waals surface area (Å²) in [5, 5.41) is 3.60. The van der Waals surface area contributed by atoms with E-state index in [1.807, 2.05) is 31.8 Å². The average molecular weight is 258 g/mol. The molecule has 0 aromatic carbocycles. The molecule has 0 aliphatic carbocycles. The van der Waals surface area contributed by atoms with Crippen LogP contribution in [-0.4, -0.2) is 21.1 Å². The average Bonchev–Trinajstić information content (AvgIpc) is 2.85. The lowest BCUT2D eigenvalue weighted by molar-refractivity contribution is 0.491. The quantitative estimate of drug-likeness (QED) is 0.829. The van der Waals surface area contributed by atoms with E-state index in [9.17, 15) is 0 Å². The van der Waals surface area contributed by atoms with Crippen LogP contribution in [0.25, 0.3) is 0 Å². The molecule has 2 aromatic rings.